The molecule has 1 aromatic rings. The second kappa shape index (κ2) is 7.11. The molecule has 122 valence electrons. The van der Waals surface area contributed by atoms with Crippen molar-refractivity contribution in [2.24, 2.45) is 0 Å². The van der Waals surface area contributed by atoms with E-state index in [4.69, 9.17) is 9.47 Å². The number of ether oxygens (including phenoxy) is 2. The smallest absolute Gasteiger partial charge is 0.410 e. The second-order valence-corrected chi connectivity index (χ2v) is 6.69. The number of benzene rings is 1. The summed E-state index contributed by atoms with van der Waals surface area (Å²) in [6.45, 7) is 6.86. The zero-order chi connectivity index (χ0) is 16.2. The van der Waals surface area contributed by atoms with E-state index in [1.807, 2.05) is 51.1 Å². The Bertz CT molecular complexity index is 483. The zero-order valence-electron chi connectivity index (χ0n) is 13.5. The van der Waals surface area contributed by atoms with E-state index in [1.165, 1.54) is 4.90 Å². The van der Waals surface area contributed by atoms with Crippen LogP contribution < -0.4 is 0 Å². The van der Waals surface area contributed by atoms with Crippen LogP contribution in [0.1, 0.15) is 32.8 Å². The molecule has 0 unspecified atom stereocenters. The van der Waals surface area contributed by atoms with Crippen LogP contribution in [0.3, 0.4) is 0 Å². The molecule has 2 atom stereocenters. The molecule has 2 rings (SSSR count). The first-order chi connectivity index (χ1) is 10.3. The Morgan fingerprint density at radius 1 is 1.27 bits per heavy atom. The Hall–Kier alpha value is -1.59. The van der Waals surface area contributed by atoms with Gasteiger partial charge < -0.3 is 19.5 Å². The number of aliphatic hydroxyl groups excluding tert-OH is 1. The van der Waals surface area contributed by atoms with Crippen molar-refractivity contribution in [2.45, 2.75) is 51.6 Å². The number of amides is 1. The third kappa shape index (κ3) is 5.31. The van der Waals surface area contributed by atoms with Crippen LogP contribution >= 0.6 is 0 Å². The van der Waals surface area contributed by atoms with Crippen LogP contribution in [0, 0.1) is 0 Å². The molecular formula is C17H25NO4. The van der Waals surface area contributed by atoms with E-state index >= 15 is 0 Å². The first-order valence-electron chi connectivity index (χ1n) is 7.65. The van der Waals surface area contributed by atoms with Crippen LogP contribution in [0.4, 0.5) is 4.79 Å². The Morgan fingerprint density at radius 3 is 2.59 bits per heavy atom. The quantitative estimate of drug-likeness (QED) is 0.932. The van der Waals surface area contributed by atoms with E-state index in [0.717, 1.165) is 5.56 Å². The molecule has 0 bridgehead atoms. The first kappa shape index (κ1) is 16.8. The molecule has 1 N–H and O–H groups in total. The lowest BCUT2D eigenvalue weighted by molar-refractivity contribution is -0.106. The number of rotatable bonds is 3. The molecule has 1 aromatic carbocycles. The lowest BCUT2D eigenvalue weighted by Gasteiger charge is -2.37. The number of hydrogen-bond acceptors (Lipinski definition) is 4. The molecule has 0 radical (unpaired) electrons. The minimum Gasteiger partial charge on any atom is -0.445 e. The van der Waals surface area contributed by atoms with Gasteiger partial charge in [-0.25, -0.2) is 4.79 Å². The average Bonchev–Trinajstić information content (AvgIpc) is 2.43. The van der Waals surface area contributed by atoms with Crippen molar-refractivity contribution in [3.63, 3.8) is 0 Å². The highest BCUT2D eigenvalue weighted by atomic mass is 16.6. The van der Waals surface area contributed by atoms with Gasteiger partial charge in [0.15, 0.2) is 0 Å². The average molecular weight is 307 g/mol. The minimum atomic E-state index is -0.578. The molecule has 1 fully saturated rings. The number of carbonyl (C=O) groups is 1. The minimum absolute atomic E-state index is 0.173. The Labute approximate surface area is 131 Å². The van der Waals surface area contributed by atoms with Crippen LogP contribution in [0.15, 0.2) is 30.3 Å². The topological polar surface area (TPSA) is 59.0 Å². The molecule has 1 saturated heterocycles. The van der Waals surface area contributed by atoms with Gasteiger partial charge in [0.2, 0.25) is 0 Å². The van der Waals surface area contributed by atoms with E-state index in [2.05, 4.69) is 0 Å². The van der Waals surface area contributed by atoms with Gasteiger partial charge in [-0.3, -0.25) is 0 Å². The third-order valence-electron chi connectivity index (χ3n) is 3.37. The zero-order valence-corrected chi connectivity index (χ0v) is 13.5. The van der Waals surface area contributed by atoms with Crippen LogP contribution in [-0.4, -0.2) is 47.0 Å². The molecule has 0 spiro atoms. The summed E-state index contributed by atoms with van der Waals surface area (Å²) in [6, 6.07) is 9.54. The highest BCUT2D eigenvalue weighted by Crippen LogP contribution is 2.20. The van der Waals surface area contributed by atoms with E-state index in [0.29, 0.717) is 13.0 Å². The van der Waals surface area contributed by atoms with E-state index in [-0.39, 0.29) is 24.9 Å². The Morgan fingerprint density at radius 2 is 1.95 bits per heavy atom. The highest BCUT2D eigenvalue weighted by molar-refractivity contribution is 5.67. The number of carbonyl (C=O) groups excluding carboxylic acids is 1. The fraction of sp³-hybridized carbons (Fsp3) is 0.588. The first-order valence-corrected chi connectivity index (χ1v) is 7.65. The van der Waals surface area contributed by atoms with Gasteiger partial charge in [-0.05, 0) is 26.3 Å². The van der Waals surface area contributed by atoms with Crippen LogP contribution in [0.2, 0.25) is 0 Å². The van der Waals surface area contributed by atoms with Gasteiger partial charge >= 0.3 is 6.09 Å². The van der Waals surface area contributed by atoms with E-state index < -0.39 is 12.2 Å². The molecule has 1 aliphatic rings. The standard InChI is InChI=1S/C17H25NO4/c1-17(2,3)22-15-9-14(19)10-18(11-15)16(20)21-12-13-7-5-4-6-8-13/h4-8,14-15,19H,9-12H2,1-3H3/t14-,15+/m1/s1. The van der Waals surface area contributed by atoms with Crippen LogP contribution in [0.25, 0.3) is 0 Å². The van der Waals surface area contributed by atoms with E-state index in [9.17, 15) is 9.90 Å². The molecular weight excluding hydrogens is 282 g/mol. The van der Waals surface area contributed by atoms with Gasteiger partial charge in [-0.15, -0.1) is 0 Å². The normalized spacial score (nSPS) is 22.5. The fourth-order valence-electron chi connectivity index (χ4n) is 2.57. The molecule has 5 nitrogen and oxygen atoms in total. The van der Waals surface area contributed by atoms with Crippen molar-refractivity contribution in [3.05, 3.63) is 35.9 Å². The maximum Gasteiger partial charge on any atom is 0.410 e. The van der Waals surface area contributed by atoms with E-state index in [1.54, 1.807) is 0 Å². The number of hydrogen-bond donors (Lipinski definition) is 1. The molecule has 0 aromatic heterocycles. The van der Waals surface area contributed by atoms with Crippen molar-refractivity contribution >= 4 is 6.09 Å². The fourth-order valence-corrected chi connectivity index (χ4v) is 2.57. The van der Waals surface area contributed by atoms with Crippen LogP contribution in [0.5, 0.6) is 0 Å². The lowest BCUT2D eigenvalue weighted by atomic mass is 10.0. The molecule has 22 heavy (non-hydrogen) atoms. The van der Waals surface area contributed by atoms with Crippen molar-refractivity contribution in [2.75, 3.05) is 13.1 Å². The summed E-state index contributed by atoms with van der Waals surface area (Å²) in [7, 11) is 0. The predicted octanol–water partition coefficient (Wildman–Crippen LogP) is 2.57. The molecule has 1 heterocycles. The van der Waals surface area contributed by atoms with Gasteiger partial charge in [-0.1, -0.05) is 30.3 Å². The van der Waals surface area contributed by atoms with Gasteiger partial charge in [0.25, 0.3) is 0 Å². The van der Waals surface area contributed by atoms with Gasteiger partial charge in [0.1, 0.15) is 6.61 Å². The molecule has 1 aliphatic heterocycles. The number of piperidine rings is 1. The van der Waals surface area contributed by atoms with Crippen molar-refractivity contribution in [1.29, 1.82) is 0 Å². The summed E-state index contributed by atoms with van der Waals surface area (Å²) in [5, 5.41) is 9.95. The van der Waals surface area contributed by atoms with Crippen molar-refractivity contribution < 1.29 is 19.4 Å². The summed E-state index contributed by atoms with van der Waals surface area (Å²) in [4.78, 5) is 13.7. The molecule has 0 aliphatic carbocycles. The molecule has 5 heteroatoms. The van der Waals surface area contributed by atoms with Gasteiger partial charge in [0, 0.05) is 6.42 Å². The highest BCUT2D eigenvalue weighted by Gasteiger charge is 2.32. The summed E-state index contributed by atoms with van der Waals surface area (Å²) in [5.41, 5.74) is 0.636. The number of β-amino-alcohol motifs (C(OH)–C–C–N with tert-alkyl or cyclic N) is 1. The van der Waals surface area contributed by atoms with Gasteiger partial charge in [-0.2, -0.15) is 0 Å². The summed E-state index contributed by atoms with van der Waals surface area (Å²) in [5.74, 6) is 0. The number of aliphatic hydroxyl groups is 1. The second-order valence-electron chi connectivity index (χ2n) is 6.69. The monoisotopic (exact) mass is 307 g/mol. The largest absolute Gasteiger partial charge is 0.445 e. The van der Waals surface area contributed by atoms with Crippen LogP contribution in [-0.2, 0) is 16.1 Å². The molecule has 0 saturated carbocycles. The summed E-state index contributed by atoms with van der Waals surface area (Å²) >= 11 is 0. The third-order valence-corrected chi connectivity index (χ3v) is 3.37. The lowest BCUT2D eigenvalue weighted by Crippen LogP contribution is -2.50. The molecule has 1 amide bonds. The maximum atomic E-state index is 12.2. The predicted molar refractivity (Wildman–Crippen MR) is 83.4 cm³/mol. The maximum absolute atomic E-state index is 12.2. The van der Waals surface area contributed by atoms with Crippen molar-refractivity contribution in [3.8, 4) is 0 Å². The summed E-state index contributed by atoms with van der Waals surface area (Å²) in [6.07, 6.45) is -0.622. The van der Waals surface area contributed by atoms with Gasteiger partial charge in [0.05, 0.1) is 30.9 Å². The number of likely N-dealkylation sites (tertiary alicyclic amines) is 1. The number of nitrogens with zero attached hydrogens (tertiary/aromatic N) is 1. The van der Waals surface area contributed by atoms with Crippen molar-refractivity contribution in [1.82, 2.24) is 4.90 Å². The Kier molecular flexibility index (Phi) is 5.42. The SMILES string of the molecule is CC(C)(C)O[C@H]1C[C@@H](O)CN(C(=O)OCc2ccccc2)C1. The summed E-state index contributed by atoms with van der Waals surface area (Å²) < 4.78 is 11.2. The Balaban J connectivity index is 1.88.